The summed E-state index contributed by atoms with van der Waals surface area (Å²) in [4.78, 5) is 32.8. The number of hydrogen-bond donors (Lipinski definition) is 3. The molecule has 0 aliphatic carbocycles. The number of esters is 1. The van der Waals surface area contributed by atoms with Crippen molar-refractivity contribution in [1.29, 1.82) is 0 Å². The minimum absolute atomic E-state index is 0.0698. The standard InChI is InChI=1S/C9H16N2O5/c1-2-3-4-16-8(15)9(11,7(13)14)5-6(10)12/h2-5,11H2,1H3,(H2,10,12)(H,13,14)/t9-/m0/s1. The first-order valence-corrected chi connectivity index (χ1v) is 4.82. The van der Waals surface area contributed by atoms with Gasteiger partial charge in [-0.25, -0.2) is 9.59 Å². The summed E-state index contributed by atoms with van der Waals surface area (Å²) in [6.07, 6.45) is 0.596. The normalized spacial score (nSPS) is 13.9. The van der Waals surface area contributed by atoms with Crippen LogP contribution in [0.4, 0.5) is 0 Å². The summed E-state index contributed by atoms with van der Waals surface area (Å²) in [5.74, 6) is -3.75. The van der Waals surface area contributed by atoms with Gasteiger partial charge in [-0.3, -0.25) is 4.79 Å². The van der Waals surface area contributed by atoms with E-state index in [0.29, 0.717) is 6.42 Å². The number of carbonyl (C=O) groups excluding carboxylic acids is 2. The molecule has 0 aliphatic rings. The van der Waals surface area contributed by atoms with Gasteiger partial charge < -0.3 is 21.3 Å². The molecule has 0 heterocycles. The van der Waals surface area contributed by atoms with Crippen LogP contribution in [0.5, 0.6) is 0 Å². The number of aliphatic carboxylic acids is 1. The minimum atomic E-state index is -2.39. The van der Waals surface area contributed by atoms with E-state index in [2.05, 4.69) is 4.74 Å². The van der Waals surface area contributed by atoms with Crippen molar-refractivity contribution in [1.82, 2.24) is 0 Å². The molecule has 0 aliphatic heterocycles. The van der Waals surface area contributed by atoms with Gasteiger partial charge in [-0.1, -0.05) is 13.3 Å². The molecule has 5 N–H and O–H groups in total. The van der Waals surface area contributed by atoms with Gasteiger partial charge in [-0.05, 0) is 6.42 Å². The highest BCUT2D eigenvalue weighted by Gasteiger charge is 2.45. The Labute approximate surface area is 92.7 Å². The zero-order chi connectivity index (χ0) is 12.8. The minimum Gasteiger partial charge on any atom is -0.479 e. The highest BCUT2D eigenvalue weighted by Crippen LogP contribution is 2.10. The van der Waals surface area contributed by atoms with Crippen molar-refractivity contribution in [2.45, 2.75) is 31.7 Å². The topological polar surface area (TPSA) is 133 Å². The average Bonchev–Trinajstić information content (AvgIpc) is 2.16. The van der Waals surface area contributed by atoms with Crippen LogP contribution in [-0.2, 0) is 19.1 Å². The lowest BCUT2D eigenvalue weighted by Crippen LogP contribution is -2.57. The van der Waals surface area contributed by atoms with Gasteiger partial charge in [0.1, 0.15) is 0 Å². The Morgan fingerprint density at radius 1 is 1.38 bits per heavy atom. The van der Waals surface area contributed by atoms with Crippen molar-refractivity contribution < 1.29 is 24.2 Å². The lowest BCUT2D eigenvalue weighted by atomic mass is 9.96. The third-order valence-electron chi connectivity index (χ3n) is 1.93. The van der Waals surface area contributed by atoms with Crippen LogP contribution in [0.2, 0.25) is 0 Å². The van der Waals surface area contributed by atoms with Crippen LogP contribution in [0.1, 0.15) is 26.2 Å². The molecule has 0 aromatic carbocycles. The number of primary amides is 1. The molecule has 0 unspecified atom stereocenters. The van der Waals surface area contributed by atoms with Crippen molar-refractivity contribution >= 4 is 17.8 Å². The van der Waals surface area contributed by atoms with Crippen molar-refractivity contribution in [3.05, 3.63) is 0 Å². The van der Waals surface area contributed by atoms with E-state index in [1.165, 1.54) is 0 Å². The molecule has 16 heavy (non-hydrogen) atoms. The van der Waals surface area contributed by atoms with Gasteiger partial charge in [-0.2, -0.15) is 0 Å². The Kier molecular flexibility index (Phi) is 5.44. The van der Waals surface area contributed by atoms with Gasteiger partial charge in [0.25, 0.3) is 0 Å². The molecule has 0 aromatic heterocycles. The van der Waals surface area contributed by atoms with E-state index in [1.54, 1.807) is 0 Å². The fourth-order valence-electron chi connectivity index (χ4n) is 0.948. The van der Waals surface area contributed by atoms with Crippen LogP contribution in [0, 0.1) is 0 Å². The van der Waals surface area contributed by atoms with Crippen molar-refractivity contribution in [3.63, 3.8) is 0 Å². The molecule has 0 saturated carbocycles. The number of rotatable bonds is 7. The Bertz CT molecular complexity index is 292. The van der Waals surface area contributed by atoms with Gasteiger partial charge in [0, 0.05) is 0 Å². The highest BCUT2D eigenvalue weighted by molar-refractivity contribution is 6.07. The summed E-state index contributed by atoms with van der Waals surface area (Å²) < 4.78 is 4.66. The van der Waals surface area contributed by atoms with Crippen molar-refractivity contribution in [2.24, 2.45) is 11.5 Å². The van der Waals surface area contributed by atoms with Gasteiger partial charge >= 0.3 is 11.9 Å². The van der Waals surface area contributed by atoms with Crippen LogP contribution in [-0.4, -0.2) is 35.1 Å². The zero-order valence-electron chi connectivity index (χ0n) is 9.06. The third kappa shape index (κ3) is 3.85. The van der Waals surface area contributed by atoms with E-state index >= 15 is 0 Å². The van der Waals surface area contributed by atoms with E-state index in [4.69, 9.17) is 16.6 Å². The van der Waals surface area contributed by atoms with E-state index in [0.717, 1.165) is 6.42 Å². The third-order valence-corrected chi connectivity index (χ3v) is 1.93. The van der Waals surface area contributed by atoms with E-state index in [9.17, 15) is 14.4 Å². The number of hydrogen-bond acceptors (Lipinski definition) is 5. The molecule has 0 radical (unpaired) electrons. The fraction of sp³-hybridized carbons (Fsp3) is 0.667. The lowest BCUT2D eigenvalue weighted by molar-refractivity contribution is -0.162. The predicted molar refractivity (Wildman–Crippen MR) is 54.2 cm³/mol. The van der Waals surface area contributed by atoms with E-state index in [-0.39, 0.29) is 6.61 Å². The van der Waals surface area contributed by atoms with Gasteiger partial charge in [0.2, 0.25) is 11.4 Å². The molecule has 1 atom stereocenters. The molecule has 1 amide bonds. The van der Waals surface area contributed by atoms with Crippen LogP contribution in [0.25, 0.3) is 0 Å². The molecule has 0 fully saturated rings. The second kappa shape index (κ2) is 6.06. The number of amides is 1. The van der Waals surface area contributed by atoms with Gasteiger partial charge in [0.15, 0.2) is 0 Å². The number of carboxylic acids is 1. The summed E-state index contributed by atoms with van der Waals surface area (Å²) in [5, 5.41) is 8.77. The molecular weight excluding hydrogens is 216 g/mol. The molecule has 92 valence electrons. The number of carbonyl (C=O) groups is 3. The molecule has 0 rings (SSSR count). The monoisotopic (exact) mass is 232 g/mol. The Morgan fingerprint density at radius 3 is 2.31 bits per heavy atom. The van der Waals surface area contributed by atoms with Crippen LogP contribution < -0.4 is 11.5 Å². The summed E-state index contributed by atoms with van der Waals surface area (Å²) in [6, 6.07) is 0. The molecule has 0 spiro atoms. The smallest absolute Gasteiger partial charge is 0.338 e. The second-order valence-corrected chi connectivity index (χ2v) is 3.41. The maximum Gasteiger partial charge on any atom is 0.338 e. The molecule has 0 bridgehead atoms. The summed E-state index contributed by atoms with van der Waals surface area (Å²) >= 11 is 0. The van der Waals surface area contributed by atoms with Crippen molar-refractivity contribution in [3.8, 4) is 0 Å². The maximum atomic E-state index is 11.4. The predicted octanol–water partition coefficient (Wildman–Crippen LogP) is -1.01. The van der Waals surface area contributed by atoms with Crippen LogP contribution >= 0.6 is 0 Å². The van der Waals surface area contributed by atoms with E-state index in [1.807, 2.05) is 6.92 Å². The Morgan fingerprint density at radius 2 is 1.94 bits per heavy atom. The number of unbranched alkanes of at least 4 members (excludes halogenated alkanes) is 1. The number of carboxylic acid groups (broad SMARTS) is 1. The maximum absolute atomic E-state index is 11.4. The highest BCUT2D eigenvalue weighted by atomic mass is 16.5. The average molecular weight is 232 g/mol. The first-order chi connectivity index (χ1) is 7.34. The molecule has 7 nitrogen and oxygen atoms in total. The fourth-order valence-corrected chi connectivity index (χ4v) is 0.948. The number of ether oxygens (including phenoxy) is 1. The SMILES string of the molecule is CCCCOC(=O)[C@](N)(CC(N)=O)C(=O)O. The Hall–Kier alpha value is -1.63. The summed E-state index contributed by atoms with van der Waals surface area (Å²) in [5.41, 5.74) is 7.72. The first-order valence-electron chi connectivity index (χ1n) is 4.82. The van der Waals surface area contributed by atoms with Crippen LogP contribution in [0.3, 0.4) is 0 Å². The summed E-state index contributed by atoms with van der Waals surface area (Å²) in [6.45, 7) is 1.95. The Balaban J connectivity index is 4.58. The van der Waals surface area contributed by atoms with Crippen LogP contribution in [0.15, 0.2) is 0 Å². The number of nitrogens with two attached hydrogens (primary N) is 2. The first kappa shape index (κ1) is 14.4. The van der Waals surface area contributed by atoms with E-state index < -0.39 is 29.8 Å². The van der Waals surface area contributed by atoms with Gasteiger partial charge in [0.05, 0.1) is 13.0 Å². The van der Waals surface area contributed by atoms with Gasteiger partial charge in [-0.15, -0.1) is 0 Å². The summed E-state index contributed by atoms with van der Waals surface area (Å²) in [7, 11) is 0. The van der Waals surface area contributed by atoms with Crippen molar-refractivity contribution in [2.75, 3.05) is 6.61 Å². The molecule has 0 saturated heterocycles. The molecule has 7 heteroatoms. The quantitative estimate of drug-likeness (QED) is 0.292. The zero-order valence-corrected chi connectivity index (χ0v) is 9.06. The largest absolute Gasteiger partial charge is 0.479 e. The second-order valence-electron chi connectivity index (χ2n) is 3.41. The molecule has 0 aromatic rings. The lowest BCUT2D eigenvalue weighted by Gasteiger charge is -2.20. The molecular formula is C9H16N2O5.